The van der Waals surface area contributed by atoms with Gasteiger partial charge >= 0.3 is 0 Å². The Morgan fingerprint density at radius 3 is 2.55 bits per heavy atom. The lowest BCUT2D eigenvalue weighted by Crippen LogP contribution is -2.23. The van der Waals surface area contributed by atoms with Crippen LogP contribution in [0.2, 0.25) is 0 Å². The van der Waals surface area contributed by atoms with E-state index in [2.05, 4.69) is 73.4 Å². The number of aromatic nitrogens is 2. The van der Waals surface area contributed by atoms with Gasteiger partial charge in [-0.15, -0.1) is 0 Å². The van der Waals surface area contributed by atoms with Crippen molar-refractivity contribution in [3.63, 3.8) is 0 Å². The quantitative estimate of drug-likeness (QED) is 0.831. The van der Waals surface area contributed by atoms with Crippen molar-refractivity contribution >= 4 is 0 Å². The Morgan fingerprint density at radius 2 is 1.90 bits per heavy atom. The maximum absolute atomic E-state index is 4.71. The molecular formula is C17H25N3. The van der Waals surface area contributed by atoms with Gasteiger partial charge in [-0.2, -0.15) is 5.10 Å². The normalized spacial score (nSPS) is 14.2. The van der Waals surface area contributed by atoms with Crippen LogP contribution in [-0.2, 0) is 6.42 Å². The van der Waals surface area contributed by atoms with Gasteiger partial charge < -0.3 is 5.32 Å². The van der Waals surface area contributed by atoms with E-state index in [0.29, 0.717) is 12.1 Å². The molecule has 1 aromatic carbocycles. The minimum atomic E-state index is 0.335. The van der Waals surface area contributed by atoms with E-state index in [0.717, 1.165) is 25.1 Å². The van der Waals surface area contributed by atoms with Crippen LogP contribution >= 0.6 is 0 Å². The fraction of sp³-hybridized carbons (Fsp3) is 0.471. The Balaban J connectivity index is 2.10. The number of likely N-dealkylation sites (N-methyl/N-ethyl adjacent to an activating group) is 1. The first kappa shape index (κ1) is 14.8. The monoisotopic (exact) mass is 271 g/mol. The van der Waals surface area contributed by atoms with Gasteiger partial charge in [-0.25, -0.2) is 0 Å². The molecule has 1 N–H and O–H groups in total. The molecule has 0 amide bonds. The highest BCUT2D eigenvalue weighted by molar-refractivity contribution is 5.21. The van der Waals surface area contributed by atoms with Gasteiger partial charge in [0.05, 0.1) is 5.69 Å². The molecule has 2 aromatic rings. The molecule has 3 nitrogen and oxygen atoms in total. The standard InChI is InChI=1S/C17H25N3/c1-4-14(3)20-12-11-16(19-20)13-17(18-5-2)15-9-7-6-8-10-15/h6-12,14,17-18H,4-5,13H2,1-3H3. The molecule has 0 fully saturated rings. The van der Waals surface area contributed by atoms with Gasteiger partial charge in [-0.3, -0.25) is 4.68 Å². The highest BCUT2D eigenvalue weighted by atomic mass is 15.3. The Hall–Kier alpha value is -1.61. The van der Waals surface area contributed by atoms with Crippen LogP contribution in [0.5, 0.6) is 0 Å². The maximum Gasteiger partial charge on any atom is 0.0643 e. The minimum absolute atomic E-state index is 0.335. The van der Waals surface area contributed by atoms with Crippen molar-refractivity contribution in [2.75, 3.05) is 6.54 Å². The molecule has 0 radical (unpaired) electrons. The first-order valence-corrected chi connectivity index (χ1v) is 7.57. The molecule has 0 bridgehead atoms. The summed E-state index contributed by atoms with van der Waals surface area (Å²) < 4.78 is 2.07. The van der Waals surface area contributed by atoms with Crippen molar-refractivity contribution in [1.82, 2.24) is 15.1 Å². The van der Waals surface area contributed by atoms with Crippen molar-refractivity contribution in [3.05, 3.63) is 53.9 Å². The lowest BCUT2D eigenvalue weighted by molar-refractivity contribution is 0.467. The van der Waals surface area contributed by atoms with Gasteiger partial charge in [0, 0.05) is 24.7 Å². The summed E-state index contributed by atoms with van der Waals surface area (Å²) in [6.07, 6.45) is 4.13. The van der Waals surface area contributed by atoms with Crippen LogP contribution in [0.4, 0.5) is 0 Å². The maximum atomic E-state index is 4.71. The third kappa shape index (κ3) is 3.70. The van der Waals surface area contributed by atoms with E-state index in [1.165, 1.54) is 5.56 Å². The summed E-state index contributed by atoms with van der Waals surface area (Å²) in [6, 6.07) is 13.6. The molecule has 2 atom stereocenters. The topological polar surface area (TPSA) is 29.9 Å². The van der Waals surface area contributed by atoms with E-state index in [-0.39, 0.29) is 0 Å². The highest BCUT2D eigenvalue weighted by Crippen LogP contribution is 2.18. The molecule has 0 spiro atoms. The summed E-state index contributed by atoms with van der Waals surface area (Å²) in [5, 5.41) is 8.26. The molecule has 0 aliphatic heterocycles. The van der Waals surface area contributed by atoms with E-state index in [1.54, 1.807) is 0 Å². The molecule has 0 aliphatic rings. The van der Waals surface area contributed by atoms with E-state index < -0.39 is 0 Å². The summed E-state index contributed by atoms with van der Waals surface area (Å²) >= 11 is 0. The Labute approximate surface area is 122 Å². The van der Waals surface area contributed by atoms with Crippen LogP contribution in [0, 0.1) is 0 Å². The average molecular weight is 271 g/mol. The molecule has 3 heteroatoms. The minimum Gasteiger partial charge on any atom is -0.310 e. The van der Waals surface area contributed by atoms with Crippen molar-refractivity contribution in [2.45, 2.75) is 45.7 Å². The van der Waals surface area contributed by atoms with Crippen LogP contribution in [0.25, 0.3) is 0 Å². The van der Waals surface area contributed by atoms with Crippen molar-refractivity contribution in [1.29, 1.82) is 0 Å². The van der Waals surface area contributed by atoms with Crippen LogP contribution in [-0.4, -0.2) is 16.3 Å². The Morgan fingerprint density at radius 1 is 1.15 bits per heavy atom. The van der Waals surface area contributed by atoms with Crippen LogP contribution in [0.3, 0.4) is 0 Å². The Bertz CT molecular complexity index is 504. The average Bonchev–Trinajstić information content (AvgIpc) is 2.95. The first-order chi connectivity index (χ1) is 9.74. The fourth-order valence-electron chi connectivity index (χ4n) is 2.37. The lowest BCUT2D eigenvalue weighted by atomic mass is 10.0. The van der Waals surface area contributed by atoms with Gasteiger partial charge in [0.1, 0.15) is 0 Å². The largest absolute Gasteiger partial charge is 0.310 e. The third-order valence-corrected chi connectivity index (χ3v) is 3.77. The van der Waals surface area contributed by atoms with Crippen molar-refractivity contribution < 1.29 is 0 Å². The van der Waals surface area contributed by atoms with Gasteiger partial charge in [0.2, 0.25) is 0 Å². The second-order valence-corrected chi connectivity index (χ2v) is 5.27. The molecular weight excluding hydrogens is 246 g/mol. The summed E-state index contributed by atoms with van der Waals surface area (Å²) in [5.41, 5.74) is 2.48. The zero-order valence-electron chi connectivity index (χ0n) is 12.7. The number of hydrogen-bond donors (Lipinski definition) is 1. The van der Waals surface area contributed by atoms with E-state index in [4.69, 9.17) is 5.10 Å². The van der Waals surface area contributed by atoms with Gasteiger partial charge in [0.25, 0.3) is 0 Å². The second kappa shape index (κ2) is 7.25. The summed E-state index contributed by atoms with van der Waals surface area (Å²) in [7, 11) is 0. The number of benzene rings is 1. The number of hydrogen-bond acceptors (Lipinski definition) is 2. The molecule has 1 heterocycles. The first-order valence-electron chi connectivity index (χ1n) is 7.57. The van der Waals surface area contributed by atoms with Gasteiger partial charge in [-0.1, -0.05) is 44.2 Å². The summed E-state index contributed by atoms with van der Waals surface area (Å²) in [4.78, 5) is 0. The molecule has 0 saturated carbocycles. The Kier molecular flexibility index (Phi) is 5.36. The summed E-state index contributed by atoms with van der Waals surface area (Å²) in [6.45, 7) is 7.51. The molecule has 2 rings (SSSR count). The predicted molar refractivity (Wildman–Crippen MR) is 83.8 cm³/mol. The molecule has 108 valence electrons. The smallest absolute Gasteiger partial charge is 0.0643 e. The van der Waals surface area contributed by atoms with E-state index >= 15 is 0 Å². The molecule has 2 unspecified atom stereocenters. The number of nitrogens with one attached hydrogen (secondary N) is 1. The lowest BCUT2D eigenvalue weighted by Gasteiger charge is -2.17. The van der Waals surface area contributed by atoms with Crippen molar-refractivity contribution in [3.8, 4) is 0 Å². The number of rotatable bonds is 7. The zero-order valence-corrected chi connectivity index (χ0v) is 12.7. The van der Waals surface area contributed by atoms with Crippen LogP contribution < -0.4 is 5.32 Å². The fourth-order valence-corrected chi connectivity index (χ4v) is 2.37. The number of nitrogens with zero attached hydrogens (tertiary/aromatic N) is 2. The second-order valence-electron chi connectivity index (χ2n) is 5.27. The third-order valence-electron chi connectivity index (χ3n) is 3.77. The molecule has 0 aliphatic carbocycles. The van der Waals surface area contributed by atoms with E-state index in [1.807, 2.05) is 0 Å². The SMILES string of the molecule is CCNC(Cc1ccn(C(C)CC)n1)c1ccccc1. The molecule has 1 aromatic heterocycles. The van der Waals surface area contributed by atoms with E-state index in [9.17, 15) is 0 Å². The summed E-state index contributed by atoms with van der Waals surface area (Å²) in [5.74, 6) is 0. The predicted octanol–water partition coefficient (Wildman–Crippen LogP) is 3.75. The van der Waals surface area contributed by atoms with Gasteiger partial charge in [0.15, 0.2) is 0 Å². The van der Waals surface area contributed by atoms with Crippen LogP contribution in [0.15, 0.2) is 42.6 Å². The molecule has 20 heavy (non-hydrogen) atoms. The van der Waals surface area contributed by atoms with Crippen LogP contribution in [0.1, 0.15) is 50.5 Å². The van der Waals surface area contributed by atoms with Crippen molar-refractivity contribution in [2.24, 2.45) is 0 Å². The zero-order chi connectivity index (χ0) is 14.4. The van der Waals surface area contributed by atoms with Gasteiger partial charge in [-0.05, 0) is 31.5 Å². The highest BCUT2D eigenvalue weighted by Gasteiger charge is 2.13. The molecule has 0 saturated heterocycles.